The number of fused-ring (bicyclic) bond motifs is 1. The Kier molecular flexibility index (Phi) is 2.13. The van der Waals surface area contributed by atoms with Crippen molar-refractivity contribution in [3.63, 3.8) is 0 Å². The number of aliphatic hydroxyl groups is 1. The third kappa shape index (κ3) is 1.15. The summed E-state index contributed by atoms with van der Waals surface area (Å²) >= 11 is 0. The molecule has 0 aliphatic heterocycles. The maximum atomic E-state index is 12.3. The normalized spacial score (nSPS) is 60.7. The van der Waals surface area contributed by atoms with E-state index in [0.717, 1.165) is 18.8 Å². The summed E-state index contributed by atoms with van der Waals surface area (Å²) in [5.41, 5.74) is 0.938. The largest absolute Gasteiger partial charge is 0.389 e. The average molecular weight is 286 g/mol. The van der Waals surface area contributed by atoms with Crippen molar-refractivity contribution in [1.82, 2.24) is 0 Å². The zero-order valence-corrected chi connectivity index (χ0v) is 13.2. The predicted octanol–water partition coefficient (Wildman–Crippen LogP) is 3.49. The van der Waals surface area contributed by atoms with Crippen LogP contribution in [-0.2, 0) is 4.79 Å². The fraction of sp³-hybridized carbons (Fsp3) is 0.842. The van der Waals surface area contributed by atoms with Gasteiger partial charge in [0.2, 0.25) is 0 Å². The van der Waals surface area contributed by atoms with Crippen molar-refractivity contribution in [3.05, 3.63) is 11.6 Å². The lowest BCUT2D eigenvalue weighted by Gasteiger charge is -2.55. The van der Waals surface area contributed by atoms with E-state index < -0.39 is 5.60 Å². The van der Waals surface area contributed by atoms with Crippen LogP contribution in [0.4, 0.5) is 0 Å². The summed E-state index contributed by atoms with van der Waals surface area (Å²) in [5.74, 6) is 2.64. The highest BCUT2D eigenvalue weighted by Crippen LogP contribution is 2.76. The second kappa shape index (κ2) is 3.48. The molecule has 6 bridgehead atoms. The second-order valence-electron chi connectivity index (χ2n) is 9.01. The Morgan fingerprint density at radius 1 is 1.14 bits per heavy atom. The minimum absolute atomic E-state index is 0.0592. The molecular formula is C19H26O2. The molecule has 4 saturated carbocycles. The van der Waals surface area contributed by atoms with E-state index in [1.54, 1.807) is 0 Å². The van der Waals surface area contributed by atoms with Crippen LogP contribution < -0.4 is 0 Å². The Morgan fingerprint density at radius 2 is 1.90 bits per heavy atom. The van der Waals surface area contributed by atoms with Gasteiger partial charge >= 0.3 is 0 Å². The van der Waals surface area contributed by atoms with Gasteiger partial charge in [0.05, 0.1) is 5.60 Å². The van der Waals surface area contributed by atoms with Crippen molar-refractivity contribution in [2.75, 3.05) is 0 Å². The Morgan fingerprint density at radius 3 is 2.71 bits per heavy atom. The molecule has 2 nitrogen and oxygen atoms in total. The van der Waals surface area contributed by atoms with Gasteiger partial charge in [-0.15, -0.1) is 0 Å². The highest BCUT2D eigenvalue weighted by molar-refractivity contribution is 5.92. The fourth-order valence-corrected chi connectivity index (χ4v) is 7.93. The molecule has 0 amide bonds. The molecule has 0 aromatic rings. The van der Waals surface area contributed by atoms with Crippen LogP contribution in [0, 0.1) is 34.5 Å². The topological polar surface area (TPSA) is 37.3 Å². The first-order valence-corrected chi connectivity index (χ1v) is 8.87. The van der Waals surface area contributed by atoms with Crippen molar-refractivity contribution in [3.8, 4) is 0 Å². The number of hydrogen-bond donors (Lipinski definition) is 1. The summed E-state index contributed by atoms with van der Waals surface area (Å²) in [4.78, 5) is 12.3. The van der Waals surface area contributed by atoms with Gasteiger partial charge in [0.15, 0.2) is 5.78 Å². The van der Waals surface area contributed by atoms with Crippen LogP contribution in [0.15, 0.2) is 11.6 Å². The van der Waals surface area contributed by atoms with Crippen molar-refractivity contribution in [2.45, 2.75) is 64.4 Å². The van der Waals surface area contributed by atoms with Crippen LogP contribution in [0.3, 0.4) is 0 Å². The van der Waals surface area contributed by atoms with Gasteiger partial charge in [0.25, 0.3) is 0 Å². The van der Waals surface area contributed by atoms with Gasteiger partial charge in [0, 0.05) is 12.3 Å². The average Bonchev–Trinajstić information content (AvgIpc) is 2.66. The molecule has 5 aliphatic rings. The molecule has 0 spiro atoms. The fourth-order valence-electron chi connectivity index (χ4n) is 7.93. The minimum atomic E-state index is -0.602. The van der Waals surface area contributed by atoms with E-state index in [-0.39, 0.29) is 22.5 Å². The summed E-state index contributed by atoms with van der Waals surface area (Å²) in [7, 11) is 0. The maximum absolute atomic E-state index is 12.3. The van der Waals surface area contributed by atoms with Gasteiger partial charge in [-0.2, -0.15) is 0 Å². The minimum Gasteiger partial charge on any atom is -0.389 e. The van der Waals surface area contributed by atoms with E-state index in [0.29, 0.717) is 18.3 Å². The highest BCUT2D eigenvalue weighted by Gasteiger charge is 2.73. The molecule has 0 aromatic heterocycles. The van der Waals surface area contributed by atoms with Gasteiger partial charge in [-0.05, 0) is 73.2 Å². The molecule has 5 aliphatic carbocycles. The third-order valence-electron chi connectivity index (χ3n) is 8.90. The SMILES string of the molecule is C[C@@]12CC[C@H]3[C@H]4CCC5=CC(=O)CC([C@]1(O)CC[C@@H]42)[C@@]53C. The molecule has 114 valence electrons. The standard InChI is InChI=1S/C19H26O2/c1-17-7-5-15-13-4-3-11-9-12(20)10-16(18(11,15)2)19(17,21)8-6-14(13)17/h9,13-16,21H,3-8,10H2,1-2H3/t13-,14-,15-,16?,17-,18-,19+/m0/s1. The van der Waals surface area contributed by atoms with E-state index >= 15 is 0 Å². The van der Waals surface area contributed by atoms with Gasteiger partial charge < -0.3 is 5.11 Å². The Hall–Kier alpha value is -0.630. The zero-order valence-electron chi connectivity index (χ0n) is 13.2. The number of carbonyl (C=O) groups is 1. The molecular weight excluding hydrogens is 260 g/mol. The molecule has 0 aromatic carbocycles. The molecule has 5 rings (SSSR count). The van der Waals surface area contributed by atoms with Crippen LogP contribution in [0.1, 0.15) is 58.8 Å². The van der Waals surface area contributed by atoms with E-state index in [9.17, 15) is 9.90 Å². The summed E-state index contributed by atoms with van der Waals surface area (Å²) in [6.07, 6.45) is 9.45. The van der Waals surface area contributed by atoms with Crippen LogP contribution >= 0.6 is 0 Å². The van der Waals surface area contributed by atoms with E-state index in [1.807, 2.05) is 6.08 Å². The number of carbonyl (C=O) groups excluding carboxylic acids is 1. The van der Waals surface area contributed by atoms with Crippen LogP contribution in [0.25, 0.3) is 0 Å². The highest BCUT2D eigenvalue weighted by atomic mass is 16.3. The van der Waals surface area contributed by atoms with Gasteiger partial charge in [-0.25, -0.2) is 0 Å². The number of rotatable bonds is 0. The van der Waals surface area contributed by atoms with Crippen LogP contribution in [0.5, 0.6) is 0 Å². The first kappa shape index (κ1) is 12.9. The van der Waals surface area contributed by atoms with Crippen molar-refractivity contribution in [2.24, 2.45) is 34.5 Å². The molecule has 21 heavy (non-hydrogen) atoms. The lowest BCUT2D eigenvalue weighted by molar-refractivity contribution is -0.141. The summed E-state index contributed by atoms with van der Waals surface area (Å²) in [6, 6.07) is 0. The lowest BCUT2D eigenvalue weighted by atomic mass is 9.49. The maximum Gasteiger partial charge on any atom is 0.156 e. The monoisotopic (exact) mass is 286 g/mol. The smallest absolute Gasteiger partial charge is 0.156 e. The van der Waals surface area contributed by atoms with E-state index in [4.69, 9.17) is 0 Å². The molecule has 1 N–H and O–H groups in total. The Labute approximate surface area is 127 Å². The molecule has 0 radical (unpaired) electrons. The van der Waals surface area contributed by atoms with Crippen molar-refractivity contribution >= 4 is 5.78 Å². The summed E-state index contributed by atoms with van der Waals surface area (Å²) in [5, 5.41) is 11.8. The lowest BCUT2D eigenvalue weighted by Crippen LogP contribution is -2.55. The summed E-state index contributed by atoms with van der Waals surface area (Å²) in [6.45, 7) is 4.75. The Bertz CT molecular complexity index is 578. The van der Waals surface area contributed by atoms with Crippen LogP contribution in [-0.4, -0.2) is 16.5 Å². The zero-order chi connectivity index (χ0) is 14.6. The van der Waals surface area contributed by atoms with Gasteiger partial charge in [-0.3, -0.25) is 4.79 Å². The van der Waals surface area contributed by atoms with Crippen LogP contribution in [0.2, 0.25) is 0 Å². The molecule has 4 fully saturated rings. The van der Waals surface area contributed by atoms with E-state index in [1.165, 1.54) is 31.3 Å². The number of hydrogen-bond acceptors (Lipinski definition) is 2. The molecule has 1 unspecified atom stereocenters. The van der Waals surface area contributed by atoms with Crippen molar-refractivity contribution in [1.29, 1.82) is 0 Å². The molecule has 7 atom stereocenters. The number of allylic oxidation sites excluding steroid dienone is 1. The molecule has 0 heterocycles. The van der Waals surface area contributed by atoms with E-state index in [2.05, 4.69) is 13.8 Å². The quantitative estimate of drug-likeness (QED) is 0.740. The van der Waals surface area contributed by atoms with Crippen molar-refractivity contribution < 1.29 is 9.90 Å². The summed E-state index contributed by atoms with van der Waals surface area (Å²) < 4.78 is 0. The molecule has 0 saturated heterocycles. The third-order valence-corrected chi connectivity index (χ3v) is 8.90. The first-order valence-electron chi connectivity index (χ1n) is 8.87. The second-order valence-corrected chi connectivity index (χ2v) is 9.01. The Balaban J connectivity index is 1.83. The predicted molar refractivity (Wildman–Crippen MR) is 80.5 cm³/mol. The van der Waals surface area contributed by atoms with Gasteiger partial charge in [-0.1, -0.05) is 19.4 Å². The number of ketones is 1. The first-order chi connectivity index (χ1) is 9.91. The molecule has 2 heteroatoms. The van der Waals surface area contributed by atoms with Gasteiger partial charge in [0.1, 0.15) is 0 Å².